The van der Waals surface area contributed by atoms with Gasteiger partial charge in [-0.3, -0.25) is 4.98 Å². The number of hydrogen-bond donors (Lipinski definition) is 1. The molecule has 24 heavy (non-hydrogen) atoms. The van der Waals surface area contributed by atoms with Crippen LogP contribution in [0.4, 0.5) is 9.18 Å². The van der Waals surface area contributed by atoms with Gasteiger partial charge in [-0.2, -0.15) is 0 Å². The van der Waals surface area contributed by atoms with Gasteiger partial charge in [-0.15, -0.1) is 0 Å². The highest BCUT2D eigenvalue weighted by Crippen LogP contribution is 2.30. The van der Waals surface area contributed by atoms with E-state index in [9.17, 15) is 9.18 Å². The average Bonchev–Trinajstić information content (AvgIpc) is 2.56. The molecule has 1 aliphatic rings. The molecule has 1 heterocycles. The largest absolute Gasteiger partial charge is 0.331 e. The van der Waals surface area contributed by atoms with Gasteiger partial charge in [0.25, 0.3) is 0 Å². The van der Waals surface area contributed by atoms with Crippen LogP contribution in [-0.2, 0) is 13.0 Å². The average molecular weight is 327 g/mol. The van der Waals surface area contributed by atoms with E-state index in [4.69, 9.17) is 0 Å². The van der Waals surface area contributed by atoms with Gasteiger partial charge in [-0.25, -0.2) is 9.18 Å². The zero-order valence-corrected chi connectivity index (χ0v) is 14.1. The number of carbonyl (C=O) groups excluding carboxylic acids is 1. The Balaban J connectivity index is 1.66. The van der Waals surface area contributed by atoms with Crippen LogP contribution in [0, 0.1) is 12.7 Å². The molecule has 126 valence electrons. The highest BCUT2D eigenvalue weighted by molar-refractivity contribution is 5.74. The highest BCUT2D eigenvalue weighted by Gasteiger charge is 2.23. The van der Waals surface area contributed by atoms with Gasteiger partial charge in [0.2, 0.25) is 0 Å². The van der Waals surface area contributed by atoms with E-state index in [0.717, 1.165) is 41.6 Å². The van der Waals surface area contributed by atoms with Gasteiger partial charge >= 0.3 is 6.03 Å². The Morgan fingerprint density at radius 3 is 2.96 bits per heavy atom. The maximum atomic E-state index is 13.4. The second-order valence-electron chi connectivity index (χ2n) is 6.42. The zero-order chi connectivity index (χ0) is 17.1. The smallest absolute Gasteiger partial charge is 0.317 e. The van der Waals surface area contributed by atoms with Crippen LogP contribution in [0.15, 0.2) is 36.5 Å². The number of urea groups is 1. The number of fused-ring (bicyclic) bond motifs is 1. The van der Waals surface area contributed by atoms with E-state index in [1.807, 2.05) is 19.1 Å². The van der Waals surface area contributed by atoms with Crippen LogP contribution in [0.3, 0.4) is 0 Å². The van der Waals surface area contributed by atoms with Crippen molar-refractivity contribution in [2.45, 2.75) is 38.8 Å². The molecule has 0 fully saturated rings. The van der Waals surface area contributed by atoms with Gasteiger partial charge in [0, 0.05) is 13.2 Å². The van der Waals surface area contributed by atoms with Crippen molar-refractivity contribution >= 4 is 6.03 Å². The number of amides is 2. The number of carbonyl (C=O) groups is 1. The highest BCUT2D eigenvalue weighted by atomic mass is 19.1. The lowest BCUT2D eigenvalue weighted by Gasteiger charge is -2.28. The summed E-state index contributed by atoms with van der Waals surface area (Å²) in [5, 5.41) is 3.06. The van der Waals surface area contributed by atoms with Crippen LogP contribution in [0.2, 0.25) is 0 Å². The molecule has 1 aromatic carbocycles. The Morgan fingerprint density at radius 1 is 1.38 bits per heavy atom. The molecule has 2 aromatic rings. The quantitative estimate of drug-likeness (QED) is 0.933. The Hall–Kier alpha value is -2.43. The lowest BCUT2D eigenvalue weighted by atomic mass is 9.87. The van der Waals surface area contributed by atoms with Gasteiger partial charge in [0.1, 0.15) is 5.82 Å². The summed E-state index contributed by atoms with van der Waals surface area (Å²) < 4.78 is 13.4. The number of nitrogens with zero attached hydrogens (tertiary/aromatic N) is 2. The first-order valence-corrected chi connectivity index (χ1v) is 8.24. The van der Waals surface area contributed by atoms with Crippen molar-refractivity contribution in [2.24, 2.45) is 0 Å². The first-order valence-electron chi connectivity index (χ1n) is 8.24. The maximum Gasteiger partial charge on any atom is 0.317 e. The lowest BCUT2D eigenvalue weighted by Crippen LogP contribution is -2.40. The third-order valence-electron chi connectivity index (χ3n) is 4.44. The molecule has 0 spiro atoms. The summed E-state index contributed by atoms with van der Waals surface area (Å²) in [4.78, 5) is 18.4. The predicted octanol–water partition coefficient (Wildman–Crippen LogP) is 3.75. The van der Waals surface area contributed by atoms with E-state index in [1.54, 1.807) is 30.3 Å². The molecule has 1 aromatic heterocycles. The monoisotopic (exact) mass is 327 g/mol. The molecule has 0 unspecified atom stereocenters. The van der Waals surface area contributed by atoms with Crippen LogP contribution in [0.5, 0.6) is 0 Å². The SMILES string of the molecule is Cc1ccc(CN(C)C(=O)N[C@H]2CCCc3cc(F)ccc32)nc1. The van der Waals surface area contributed by atoms with E-state index in [1.165, 1.54) is 6.07 Å². The normalized spacial score (nSPS) is 16.4. The Morgan fingerprint density at radius 2 is 2.21 bits per heavy atom. The third kappa shape index (κ3) is 3.72. The zero-order valence-electron chi connectivity index (χ0n) is 14.1. The molecule has 0 saturated heterocycles. The first-order chi connectivity index (χ1) is 11.5. The Kier molecular flexibility index (Phi) is 4.79. The van der Waals surface area contributed by atoms with Crippen molar-refractivity contribution < 1.29 is 9.18 Å². The molecular weight excluding hydrogens is 305 g/mol. The van der Waals surface area contributed by atoms with Crippen molar-refractivity contribution in [3.05, 3.63) is 64.7 Å². The van der Waals surface area contributed by atoms with Gasteiger partial charge in [0.05, 0.1) is 18.3 Å². The van der Waals surface area contributed by atoms with Crippen LogP contribution < -0.4 is 5.32 Å². The molecule has 0 aliphatic heterocycles. The molecule has 3 rings (SSSR count). The van der Waals surface area contributed by atoms with Crippen molar-refractivity contribution in [1.82, 2.24) is 15.2 Å². The summed E-state index contributed by atoms with van der Waals surface area (Å²) in [5.41, 5.74) is 3.97. The fourth-order valence-electron chi connectivity index (χ4n) is 3.10. The number of halogens is 1. The van der Waals surface area contributed by atoms with Gasteiger partial charge < -0.3 is 10.2 Å². The van der Waals surface area contributed by atoms with Crippen LogP contribution in [-0.4, -0.2) is 23.0 Å². The van der Waals surface area contributed by atoms with Gasteiger partial charge in [0.15, 0.2) is 0 Å². The standard InChI is InChI=1S/C19H22FN3O/c1-13-6-8-16(21-11-13)12-23(2)19(24)22-18-5-3-4-14-10-15(20)7-9-17(14)18/h6-11,18H,3-5,12H2,1-2H3,(H,22,24)/t18-/m0/s1. The lowest BCUT2D eigenvalue weighted by molar-refractivity contribution is 0.200. The third-order valence-corrected chi connectivity index (χ3v) is 4.44. The molecule has 1 atom stereocenters. The molecule has 5 heteroatoms. The summed E-state index contributed by atoms with van der Waals surface area (Å²) >= 11 is 0. The van der Waals surface area contributed by atoms with Crippen molar-refractivity contribution in [1.29, 1.82) is 0 Å². The summed E-state index contributed by atoms with van der Waals surface area (Å²) in [5.74, 6) is -0.219. The minimum atomic E-state index is -0.219. The molecule has 0 bridgehead atoms. The van der Waals surface area contributed by atoms with E-state index in [0.29, 0.717) is 6.54 Å². The van der Waals surface area contributed by atoms with Crippen molar-refractivity contribution in [3.63, 3.8) is 0 Å². The second kappa shape index (κ2) is 6.99. The van der Waals surface area contributed by atoms with E-state index >= 15 is 0 Å². The van der Waals surface area contributed by atoms with Crippen LogP contribution in [0.25, 0.3) is 0 Å². The second-order valence-corrected chi connectivity index (χ2v) is 6.42. The Labute approximate surface area is 141 Å². The summed E-state index contributed by atoms with van der Waals surface area (Å²) in [7, 11) is 1.76. The molecule has 4 nitrogen and oxygen atoms in total. The minimum Gasteiger partial charge on any atom is -0.331 e. The number of pyridine rings is 1. The molecule has 1 aliphatic carbocycles. The summed E-state index contributed by atoms with van der Waals surface area (Å²) in [6, 6.07) is 8.54. The number of aromatic nitrogens is 1. The van der Waals surface area contributed by atoms with Gasteiger partial charge in [-0.1, -0.05) is 12.1 Å². The number of hydrogen-bond acceptors (Lipinski definition) is 2. The molecule has 0 saturated carbocycles. The predicted molar refractivity (Wildman–Crippen MR) is 91.1 cm³/mol. The fraction of sp³-hybridized carbons (Fsp3) is 0.368. The van der Waals surface area contributed by atoms with E-state index in [-0.39, 0.29) is 17.9 Å². The Bertz CT molecular complexity index is 730. The fourth-order valence-corrected chi connectivity index (χ4v) is 3.10. The number of nitrogens with one attached hydrogen (secondary N) is 1. The molecule has 2 amide bonds. The summed E-state index contributed by atoms with van der Waals surface area (Å²) in [6.07, 6.45) is 4.49. The maximum absolute atomic E-state index is 13.4. The van der Waals surface area contributed by atoms with Gasteiger partial charge in [-0.05, 0) is 61.1 Å². The number of rotatable bonds is 3. The molecular formula is C19H22FN3O. The van der Waals surface area contributed by atoms with E-state index < -0.39 is 0 Å². The van der Waals surface area contributed by atoms with Crippen LogP contribution >= 0.6 is 0 Å². The van der Waals surface area contributed by atoms with Crippen molar-refractivity contribution in [3.8, 4) is 0 Å². The topological polar surface area (TPSA) is 45.2 Å². The molecule has 1 N–H and O–H groups in total. The first kappa shape index (κ1) is 16.4. The number of aryl methyl sites for hydroxylation is 2. The van der Waals surface area contributed by atoms with Crippen LogP contribution in [0.1, 0.15) is 41.3 Å². The molecule has 0 radical (unpaired) electrons. The minimum absolute atomic E-state index is 0.0599. The summed E-state index contributed by atoms with van der Waals surface area (Å²) in [6.45, 7) is 2.44. The van der Waals surface area contributed by atoms with E-state index in [2.05, 4.69) is 10.3 Å². The van der Waals surface area contributed by atoms with Crippen molar-refractivity contribution in [2.75, 3.05) is 7.05 Å². The number of benzene rings is 1.